The highest BCUT2D eigenvalue weighted by atomic mass is 16.6. The molecule has 8 heteroatoms. The molecule has 1 aromatic carbocycles. The van der Waals surface area contributed by atoms with E-state index in [2.05, 4.69) is 20.9 Å². The smallest absolute Gasteiger partial charge is 0.293 e. The van der Waals surface area contributed by atoms with Crippen LogP contribution in [0.1, 0.15) is 36.0 Å². The number of rotatable bonds is 10. The van der Waals surface area contributed by atoms with E-state index in [0.29, 0.717) is 17.8 Å². The van der Waals surface area contributed by atoms with Crippen LogP contribution in [-0.2, 0) is 0 Å². The summed E-state index contributed by atoms with van der Waals surface area (Å²) >= 11 is 0. The van der Waals surface area contributed by atoms with Crippen LogP contribution >= 0.6 is 0 Å². The number of nitrogens with one attached hydrogen (secondary N) is 3. The highest BCUT2D eigenvalue weighted by Gasteiger charge is 2.25. The third-order valence-electron chi connectivity index (χ3n) is 4.26. The normalized spacial score (nSPS) is 13.0. The fourth-order valence-electron chi connectivity index (χ4n) is 2.63. The van der Waals surface area contributed by atoms with E-state index in [1.807, 2.05) is 18.2 Å². The van der Waals surface area contributed by atoms with Gasteiger partial charge in [0.15, 0.2) is 0 Å². The number of unbranched alkanes of at least 4 members (excludes halogenated alkanes) is 1. The van der Waals surface area contributed by atoms with Crippen LogP contribution in [0.2, 0.25) is 0 Å². The van der Waals surface area contributed by atoms with Gasteiger partial charge in [-0.05, 0) is 49.9 Å². The molecule has 3 rings (SSSR count). The summed E-state index contributed by atoms with van der Waals surface area (Å²) in [5, 5.41) is 20.5. The van der Waals surface area contributed by atoms with Crippen molar-refractivity contribution in [2.24, 2.45) is 0 Å². The van der Waals surface area contributed by atoms with Gasteiger partial charge in [-0.2, -0.15) is 0 Å². The minimum atomic E-state index is -0.459. The average molecular weight is 369 g/mol. The molecule has 0 radical (unpaired) electrons. The maximum atomic E-state index is 12.1. The van der Waals surface area contributed by atoms with Crippen LogP contribution in [0.4, 0.5) is 17.2 Å². The van der Waals surface area contributed by atoms with E-state index in [-0.39, 0.29) is 17.6 Å². The van der Waals surface area contributed by atoms with E-state index in [1.165, 1.54) is 6.07 Å². The third kappa shape index (κ3) is 5.67. The van der Waals surface area contributed by atoms with E-state index < -0.39 is 4.92 Å². The molecule has 2 aromatic rings. The minimum absolute atomic E-state index is 0.0787. The molecule has 1 aromatic heterocycles. The molecule has 0 aliphatic heterocycles. The lowest BCUT2D eigenvalue weighted by Crippen LogP contribution is -2.25. The molecule has 1 saturated carbocycles. The Balaban J connectivity index is 1.47. The number of hydrogen-bond donors (Lipinski definition) is 3. The van der Waals surface area contributed by atoms with Crippen molar-refractivity contribution in [2.45, 2.75) is 31.7 Å². The number of anilines is 2. The first-order chi connectivity index (χ1) is 13.1. The van der Waals surface area contributed by atoms with Gasteiger partial charge in [0.1, 0.15) is 11.5 Å². The summed E-state index contributed by atoms with van der Waals surface area (Å²) in [6, 6.07) is 10.5. The van der Waals surface area contributed by atoms with Crippen LogP contribution in [0, 0.1) is 10.1 Å². The Kier molecular flexibility index (Phi) is 6.19. The molecule has 142 valence electrons. The van der Waals surface area contributed by atoms with Gasteiger partial charge in [-0.15, -0.1) is 0 Å². The summed E-state index contributed by atoms with van der Waals surface area (Å²) in [7, 11) is 0. The standard InChI is InChI=1S/C19H23N5O3/c25-19(23-15-7-8-15)14-6-9-16(17(13-14)24(26)27)20-10-3-4-12-22-18-5-1-2-11-21-18/h1-2,5-6,9,11,13,15,20H,3-4,7-8,10,12H2,(H,21,22)(H,23,25). The zero-order chi connectivity index (χ0) is 19.1. The van der Waals surface area contributed by atoms with Crippen molar-refractivity contribution in [1.82, 2.24) is 10.3 Å². The molecule has 1 fully saturated rings. The van der Waals surface area contributed by atoms with Crippen molar-refractivity contribution < 1.29 is 9.72 Å². The summed E-state index contributed by atoms with van der Waals surface area (Å²) < 4.78 is 0. The molecule has 0 unspecified atom stereocenters. The molecule has 1 aliphatic rings. The highest BCUT2D eigenvalue weighted by Crippen LogP contribution is 2.26. The summed E-state index contributed by atoms with van der Waals surface area (Å²) in [5.41, 5.74) is 0.671. The third-order valence-corrected chi connectivity index (χ3v) is 4.26. The zero-order valence-electron chi connectivity index (χ0n) is 15.0. The number of carbonyl (C=O) groups is 1. The molecule has 0 atom stereocenters. The quantitative estimate of drug-likeness (QED) is 0.337. The van der Waals surface area contributed by atoms with Crippen molar-refractivity contribution in [1.29, 1.82) is 0 Å². The second-order valence-electron chi connectivity index (χ2n) is 6.51. The Hall–Kier alpha value is -3.16. The number of benzene rings is 1. The second-order valence-corrected chi connectivity index (χ2v) is 6.51. The van der Waals surface area contributed by atoms with Crippen molar-refractivity contribution in [2.75, 3.05) is 23.7 Å². The predicted molar refractivity (Wildman–Crippen MR) is 104 cm³/mol. The van der Waals surface area contributed by atoms with Gasteiger partial charge in [0, 0.05) is 37.0 Å². The van der Waals surface area contributed by atoms with Gasteiger partial charge in [0.05, 0.1) is 4.92 Å². The van der Waals surface area contributed by atoms with Crippen LogP contribution in [0.15, 0.2) is 42.6 Å². The van der Waals surface area contributed by atoms with Crippen LogP contribution < -0.4 is 16.0 Å². The summed E-state index contributed by atoms with van der Waals surface area (Å²) in [5.74, 6) is 0.578. The van der Waals surface area contributed by atoms with Gasteiger partial charge in [-0.3, -0.25) is 14.9 Å². The van der Waals surface area contributed by atoms with Gasteiger partial charge in [-0.25, -0.2) is 4.98 Å². The van der Waals surface area contributed by atoms with Crippen LogP contribution in [0.3, 0.4) is 0 Å². The molecule has 8 nitrogen and oxygen atoms in total. The molecular weight excluding hydrogens is 346 g/mol. The Morgan fingerprint density at radius 1 is 1.15 bits per heavy atom. The number of nitrogens with zero attached hydrogens (tertiary/aromatic N) is 2. The lowest BCUT2D eigenvalue weighted by molar-refractivity contribution is -0.384. The Morgan fingerprint density at radius 2 is 1.93 bits per heavy atom. The van der Waals surface area contributed by atoms with Gasteiger partial charge in [0.25, 0.3) is 11.6 Å². The number of nitro groups is 1. The summed E-state index contributed by atoms with van der Waals surface area (Å²) in [6.07, 6.45) is 5.43. The first kappa shape index (κ1) is 18.6. The molecule has 0 spiro atoms. The van der Waals surface area contributed by atoms with Crippen molar-refractivity contribution in [3.8, 4) is 0 Å². The first-order valence-corrected chi connectivity index (χ1v) is 9.11. The molecule has 0 bridgehead atoms. The number of aromatic nitrogens is 1. The average Bonchev–Trinajstić information content (AvgIpc) is 3.49. The molecular formula is C19H23N5O3. The van der Waals surface area contributed by atoms with E-state index in [1.54, 1.807) is 18.3 Å². The molecule has 1 amide bonds. The van der Waals surface area contributed by atoms with Crippen molar-refractivity contribution >= 4 is 23.1 Å². The fourth-order valence-corrected chi connectivity index (χ4v) is 2.63. The van der Waals surface area contributed by atoms with Gasteiger partial charge in [0.2, 0.25) is 0 Å². The molecule has 1 heterocycles. The van der Waals surface area contributed by atoms with E-state index in [4.69, 9.17) is 0 Å². The highest BCUT2D eigenvalue weighted by molar-refractivity contribution is 5.96. The van der Waals surface area contributed by atoms with Crippen molar-refractivity contribution in [3.05, 3.63) is 58.3 Å². The van der Waals surface area contributed by atoms with Crippen molar-refractivity contribution in [3.63, 3.8) is 0 Å². The number of hydrogen-bond acceptors (Lipinski definition) is 6. The van der Waals surface area contributed by atoms with Gasteiger partial charge >= 0.3 is 0 Å². The maximum Gasteiger partial charge on any atom is 0.293 e. The Morgan fingerprint density at radius 3 is 2.59 bits per heavy atom. The van der Waals surface area contributed by atoms with E-state index in [9.17, 15) is 14.9 Å². The largest absolute Gasteiger partial charge is 0.379 e. The molecule has 1 aliphatic carbocycles. The SMILES string of the molecule is O=C(NC1CC1)c1ccc(NCCCCNc2ccccn2)c([N+](=O)[O-])c1. The Bertz CT molecular complexity index is 793. The predicted octanol–water partition coefficient (Wildman–Crippen LogP) is 3.19. The summed E-state index contributed by atoms with van der Waals surface area (Å²) in [6.45, 7) is 1.39. The molecule has 0 saturated heterocycles. The van der Waals surface area contributed by atoms with E-state index in [0.717, 1.165) is 38.0 Å². The van der Waals surface area contributed by atoms with Gasteiger partial charge in [-0.1, -0.05) is 6.07 Å². The number of amides is 1. The Labute approximate surface area is 157 Å². The minimum Gasteiger partial charge on any atom is -0.379 e. The topological polar surface area (TPSA) is 109 Å². The second kappa shape index (κ2) is 8.98. The van der Waals surface area contributed by atoms with Crippen LogP contribution in [0.25, 0.3) is 0 Å². The summed E-state index contributed by atoms with van der Waals surface area (Å²) in [4.78, 5) is 27.1. The van der Waals surface area contributed by atoms with Crippen LogP contribution in [-0.4, -0.2) is 34.9 Å². The van der Waals surface area contributed by atoms with Crippen LogP contribution in [0.5, 0.6) is 0 Å². The fraction of sp³-hybridized carbons (Fsp3) is 0.368. The first-order valence-electron chi connectivity index (χ1n) is 9.11. The molecule has 27 heavy (non-hydrogen) atoms. The maximum absolute atomic E-state index is 12.1. The molecule has 3 N–H and O–H groups in total. The number of nitro benzene ring substituents is 1. The lowest BCUT2D eigenvalue weighted by atomic mass is 10.1. The number of pyridine rings is 1. The van der Waals surface area contributed by atoms with E-state index >= 15 is 0 Å². The zero-order valence-corrected chi connectivity index (χ0v) is 15.0. The van der Waals surface area contributed by atoms with Gasteiger partial charge < -0.3 is 16.0 Å². The monoisotopic (exact) mass is 369 g/mol. The lowest BCUT2D eigenvalue weighted by Gasteiger charge is -2.09. The number of carbonyl (C=O) groups excluding carboxylic acids is 1.